The van der Waals surface area contributed by atoms with Crippen molar-refractivity contribution in [2.24, 2.45) is 0 Å². The number of aliphatic hydroxyl groups excluding tert-OH is 1. The van der Waals surface area contributed by atoms with Crippen molar-refractivity contribution in [1.82, 2.24) is 14.0 Å². The van der Waals surface area contributed by atoms with E-state index in [0.717, 1.165) is 12.8 Å². The zero-order valence-electron chi connectivity index (χ0n) is 25.1. The first kappa shape index (κ1) is 31.4. The molecule has 1 amide bonds. The van der Waals surface area contributed by atoms with Gasteiger partial charge in [-0.1, -0.05) is 13.3 Å². The molecule has 2 N–H and O–H groups in total. The lowest BCUT2D eigenvalue weighted by molar-refractivity contribution is -0.116. The van der Waals surface area contributed by atoms with Gasteiger partial charge in [0.25, 0.3) is 5.56 Å². The fourth-order valence-corrected chi connectivity index (χ4v) is 4.93. The van der Waals surface area contributed by atoms with E-state index in [4.69, 9.17) is 4.74 Å². The lowest BCUT2D eigenvalue weighted by atomic mass is 10.0. The molecule has 222 valence electrons. The Morgan fingerprint density at radius 1 is 1.00 bits per heavy atom. The molecule has 10 heteroatoms. The van der Waals surface area contributed by atoms with Gasteiger partial charge in [0.2, 0.25) is 5.91 Å². The quantitative estimate of drug-likeness (QED) is 0.410. The van der Waals surface area contributed by atoms with Crippen molar-refractivity contribution in [3.63, 3.8) is 0 Å². The maximum Gasteiger partial charge on any atom is 0.333 e. The Kier molecular flexibility index (Phi) is 10.6. The molecule has 3 rings (SSSR count). The fraction of sp³-hybridized carbons (Fsp3) is 0.633. The second-order valence-electron chi connectivity index (χ2n) is 11.7. The number of anilines is 2. The predicted octanol–water partition coefficient (Wildman–Crippen LogP) is 3.64. The number of aliphatic hydroxyl groups is 1. The van der Waals surface area contributed by atoms with Crippen LogP contribution in [-0.2, 0) is 4.79 Å². The highest BCUT2D eigenvalue weighted by Crippen LogP contribution is 2.25. The normalized spacial score (nSPS) is 15.5. The van der Waals surface area contributed by atoms with Gasteiger partial charge < -0.3 is 20.1 Å². The molecule has 2 aromatic rings. The number of benzene rings is 1. The average molecular weight is 558 g/mol. The van der Waals surface area contributed by atoms with Crippen LogP contribution in [0.15, 0.2) is 39.9 Å². The zero-order valence-corrected chi connectivity index (χ0v) is 25.1. The number of rotatable bonds is 12. The number of ether oxygens (including phenoxy) is 1. The van der Waals surface area contributed by atoms with Crippen LogP contribution in [0.5, 0.6) is 5.75 Å². The van der Waals surface area contributed by atoms with E-state index in [9.17, 15) is 19.5 Å². The fourth-order valence-electron chi connectivity index (χ4n) is 4.93. The summed E-state index contributed by atoms with van der Waals surface area (Å²) in [6.45, 7) is 16.4. The van der Waals surface area contributed by atoms with E-state index in [1.807, 2.05) is 41.5 Å². The van der Waals surface area contributed by atoms with Gasteiger partial charge in [0.05, 0.1) is 0 Å². The Labute approximate surface area is 237 Å². The van der Waals surface area contributed by atoms with Gasteiger partial charge in [-0.25, -0.2) is 4.79 Å². The van der Waals surface area contributed by atoms with Gasteiger partial charge in [0.1, 0.15) is 23.3 Å². The van der Waals surface area contributed by atoms with E-state index < -0.39 is 11.7 Å². The van der Waals surface area contributed by atoms with Crippen LogP contribution < -0.4 is 26.2 Å². The lowest BCUT2D eigenvalue weighted by Gasteiger charge is -2.40. The molecule has 1 atom stereocenters. The number of hydrogen-bond donors (Lipinski definition) is 2. The number of unbranched alkanes of at least 4 members (excludes halogenated alkanes) is 1. The Morgan fingerprint density at radius 2 is 1.60 bits per heavy atom. The largest absolute Gasteiger partial charge is 0.485 e. The van der Waals surface area contributed by atoms with Crippen LogP contribution in [0.1, 0.15) is 79.8 Å². The average Bonchev–Trinajstić information content (AvgIpc) is 2.88. The molecule has 0 radical (unpaired) electrons. The smallest absolute Gasteiger partial charge is 0.333 e. The molecule has 1 fully saturated rings. The van der Waals surface area contributed by atoms with Gasteiger partial charge in [-0.2, -0.15) is 0 Å². The van der Waals surface area contributed by atoms with Crippen molar-refractivity contribution < 1.29 is 14.6 Å². The monoisotopic (exact) mass is 557 g/mol. The van der Waals surface area contributed by atoms with Crippen molar-refractivity contribution in [1.29, 1.82) is 0 Å². The predicted molar refractivity (Wildman–Crippen MR) is 160 cm³/mol. The van der Waals surface area contributed by atoms with Crippen LogP contribution in [-0.4, -0.2) is 69.5 Å². The maximum atomic E-state index is 13.1. The maximum absolute atomic E-state index is 13.1. The summed E-state index contributed by atoms with van der Waals surface area (Å²) in [7, 11) is 0. The van der Waals surface area contributed by atoms with E-state index in [0.29, 0.717) is 56.4 Å². The zero-order chi connectivity index (χ0) is 29.6. The third-order valence-electron chi connectivity index (χ3n) is 7.39. The SMILES string of the molecule is CCCCC(=O)Nc1ccc(OC(C)(C)C(O)CN2CCN(c3cc(=O)n(C(C)C)c(=O)n3C(C)C)CC2)cc1. The summed E-state index contributed by atoms with van der Waals surface area (Å²) in [6, 6.07) is 8.47. The molecule has 1 aliphatic heterocycles. The van der Waals surface area contributed by atoms with Gasteiger partial charge in [-0.3, -0.25) is 23.6 Å². The lowest BCUT2D eigenvalue weighted by Crippen LogP contribution is -2.54. The van der Waals surface area contributed by atoms with Crippen LogP contribution in [0, 0.1) is 0 Å². The summed E-state index contributed by atoms with van der Waals surface area (Å²) in [5, 5.41) is 14.0. The van der Waals surface area contributed by atoms with E-state index in [2.05, 4.69) is 22.0 Å². The van der Waals surface area contributed by atoms with Crippen molar-refractivity contribution in [2.45, 2.75) is 91.5 Å². The molecule has 40 heavy (non-hydrogen) atoms. The number of aromatic nitrogens is 2. The van der Waals surface area contributed by atoms with Gasteiger partial charge >= 0.3 is 5.69 Å². The number of carbonyl (C=O) groups is 1. The molecule has 0 saturated carbocycles. The highest BCUT2D eigenvalue weighted by molar-refractivity contribution is 5.90. The summed E-state index contributed by atoms with van der Waals surface area (Å²) >= 11 is 0. The number of β-amino-alcohol motifs (C(OH)–C–C–N with tert-alkyl or cyclic N) is 1. The van der Waals surface area contributed by atoms with E-state index in [1.54, 1.807) is 34.9 Å². The number of nitrogens with zero attached hydrogens (tertiary/aromatic N) is 4. The van der Waals surface area contributed by atoms with Crippen LogP contribution in [0.2, 0.25) is 0 Å². The Bertz CT molecular complexity index is 1240. The minimum absolute atomic E-state index is 0.00112. The Balaban J connectivity index is 1.59. The molecule has 1 unspecified atom stereocenters. The number of piperazine rings is 1. The Hall–Kier alpha value is -3.11. The molecular formula is C30H47N5O5. The molecule has 10 nitrogen and oxygen atoms in total. The highest BCUT2D eigenvalue weighted by atomic mass is 16.5. The summed E-state index contributed by atoms with van der Waals surface area (Å²) in [5.74, 6) is 1.26. The third-order valence-corrected chi connectivity index (χ3v) is 7.39. The number of amides is 1. The second-order valence-corrected chi connectivity index (χ2v) is 11.7. The third kappa shape index (κ3) is 7.75. The number of nitrogens with one attached hydrogen (secondary N) is 1. The van der Waals surface area contributed by atoms with Crippen molar-refractivity contribution in [3.8, 4) is 5.75 Å². The van der Waals surface area contributed by atoms with E-state index in [1.165, 1.54) is 4.57 Å². The highest BCUT2D eigenvalue weighted by Gasteiger charge is 2.33. The molecule has 1 aliphatic rings. The molecule has 1 saturated heterocycles. The van der Waals surface area contributed by atoms with Crippen LogP contribution in [0.4, 0.5) is 11.5 Å². The molecule has 0 aliphatic carbocycles. The summed E-state index contributed by atoms with van der Waals surface area (Å²) in [5.41, 5.74) is -0.691. The standard InChI is InChI=1S/C30H47N5O5/c1-8-9-10-26(37)31-23-11-13-24(14-12-23)40-30(6,7)25(36)20-32-15-17-33(18-16-32)27-19-28(38)35(22(4)5)29(39)34(27)21(2)3/h11-14,19,21-22,25,36H,8-10,15-18,20H2,1-7H3,(H,31,37). The second kappa shape index (κ2) is 13.5. The molecule has 2 heterocycles. The van der Waals surface area contributed by atoms with E-state index >= 15 is 0 Å². The molecule has 0 spiro atoms. The summed E-state index contributed by atoms with van der Waals surface area (Å²) in [6.07, 6.45) is 1.58. The minimum atomic E-state index is -0.845. The molecule has 1 aromatic carbocycles. The first-order valence-corrected chi connectivity index (χ1v) is 14.5. The summed E-state index contributed by atoms with van der Waals surface area (Å²) in [4.78, 5) is 42.1. The van der Waals surface area contributed by atoms with Crippen LogP contribution in [0.3, 0.4) is 0 Å². The van der Waals surface area contributed by atoms with Gasteiger partial charge in [0.15, 0.2) is 0 Å². The van der Waals surface area contributed by atoms with Gasteiger partial charge in [0, 0.05) is 63.0 Å². The van der Waals surface area contributed by atoms with Gasteiger partial charge in [-0.15, -0.1) is 0 Å². The van der Waals surface area contributed by atoms with Crippen LogP contribution in [0.25, 0.3) is 0 Å². The van der Waals surface area contributed by atoms with Crippen molar-refractivity contribution >= 4 is 17.4 Å². The van der Waals surface area contributed by atoms with E-state index in [-0.39, 0.29) is 29.2 Å². The molecule has 1 aromatic heterocycles. The molecule has 0 bridgehead atoms. The Morgan fingerprint density at radius 3 is 2.15 bits per heavy atom. The van der Waals surface area contributed by atoms with Crippen molar-refractivity contribution in [3.05, 3.63) is 51.2 Å². The number of carbonyl (C=O) groups excluding carboxylic acids is 1. The topological polar surface area (TPSA) is 109 Å². The number of hydrogen-bond acceptors (Lipinski definition) is 7. The first-order valence-electron chi connectivity index (χ1n) is 14.5. The first-order chi connectivity index (χ1) is 18.8. The van der Waals surface area contributed by atoms with Crippen LogP contribution >= 0.6 is 0 Å². The van der Waals surface area contributed by atoms with Gasteiger partial charge in [-0.05, 0) is 72.2 Å². The minimum Gasteiger partial charge on any atom is -0.485 e. The summed E-state index contributed by atoms with van der Waals surface area (Å²) < 4.78 is 9.14. The van der Waals surface area contributed by atoms with Crippen molar-refractivity contribution in [2.75, 3.05) is 42.9 Å². The molecular weight excluding hydrogens is 510 g/mol.